The molecule has 0 radical (unpaired) electrons. The summed E-state index contributed by atoms with van der Waals surface area (Å²) in [5.74, 6) is 2.30. The molecule has 2 saturated carbocycles. The summed E-state index contributed by atoms with van der Waals surface area (Å²) in [5, 5.41) is 0. The van der Waals surface area contributed by atoms with Crippen LogP contribution in [0.25, 0.3) is 0 Å². The van der Waals surface area contributed by atoms with Crippen LogP contribution in [0, 0.1) is 0 Å². The van der Waals surface area contributed by atoms with Gasteiger partial charge in [0.15, 0.2) is 5.96 Å². The molecule has 23 heavy (non-hydrogen) atoms. The first-order valence-electron chi connectivity index (χ1n) is 8.53. The Balaban J connectivity index is 1.72. The van der Waals surface area contributed by atoms with Crippen LogP contribution < -0.4 is 15.2 Å². The van der Waals surface area contributed by atoms with Crippen LogP contribution in [0.2, 0.25) is 0 Å². The van der Waals surface area contributed by atoms with Gasteiger partial charge in [0.1, 0.15) is 11.5 Å². The van der Waals surface area contributed by atoms with Crippen LogP contribution in [0.1, 0.15) is 44.1 Å². The minimum Gasteiger partial charge on any atom is -0.497 e. The molecule has 0 bridgehead atoms. The highest BCUT2D eigenvalue weighted by Gasteiger charge is 2.27. The van der Waals surface area contributed by atoms with E-state index in [1.807, 2.05) is 25.2 Å². The lowest BCUT2D eigenvalue weighted by Gasteiger charge is -2.19. The summed E-state index contributed by atoms with van der Waals surface area (Å²) >= 11 is 0. The van der Waals surface area contributed by atoms with Gasteiger partial charge in [-0.05, 0) is 50.7 Å². The molecule has 3 rings (SSSR count). The number of nitrogens with two attached hydrogens (primary N) is 1. The molecule has 0 spiro atoms. The maximum Gasteiger partial charge on any atom is 0.191 e. The highest BCUT2D eigenvalue weighted by molar-refractivity contribution is 5.78. The van der Waals surface area contributed by atoms with Crippen LogP contribution in [-0.2, 0) is 6.54 Å². The van der Waals surface area contributed by atoms with Gasteiger partial charge in [0.25, 0.3) is 0 Å². The van der Waals surface area contributed by atoms with Crippen LogP contribution in [0.4, 0.5) is 0 Å². The average Bonchev–Trinajstić information content (AvgIpc) is 3.30. The predicted molar refractivity (Wildman–Crippen MR) is 92.0 cm³/mol. The number of rotatable bonds is 6. The summed E-state index contributed by atoms with van der Waals surface area (Å²) in [6.45, 7) is 0.537. The van der Waals surface area contributed by atoms with Crippen LogP contribution in [0.5, 0.6) is 11.5 Å². The van der Waals surface area contributed by atoms with E-state index in [9.17, 15) is 0 Å². The molecule has 0 aromatic heterocycles. The zero-order valence-corrected chi connectivity index (χ0v) is 14.1. The molecule has 0 amide bonds. The van der Waals surface area contributed by atoms with Crippen molar-refractivity contribution < 1.29 is 9.47 Å². The quantitative estimate of drug-likeness (QED) is 0.647. The maximum atomic E-state index is 6.20. The van der Waals surface area contributed by atoms with Crippen molar-refractivity contribution in [2.45, 2.75) is 57.2 Å². The third-order valence-electron chi connectivity index (χ3n) is 4.74. The Morgan fingerprint density at radius 1 is 1.26 bits per heavy atom. The molecule has 0 heterocycles. The average molecular weight is 317 g/mol. The summed E-state index contributed by atoms with van der Waals surface area (Å²) in [5.41, 5.74) is 7.15. The zero-order valence-electron chi connectivity index (χ0n) is 14.1. The summed E-state index contributed by atoms with van der Waals surface area (Å²) in [6.07, 6.45) is 7.51. The molecule has 2 aliphatic rings. The number of nitrogens with zero attached hydrogens (tertiary/aromatic N) is 2. The number of ether oxygens (including phenoxy) is 2. The standard InChI is InChI=1S/C18H27N3O2/c1-21(14-8-9-14)18(19)20-12-13-7-10-16(22-2)11-17(13)23-15-5-3-4-6-15/h7,10-11,14-15H,3-6,8-9,12H2,1-2H3,(H2,19,20). The van der Waals surface area contributed by atoms with Gasteiger partial charge in [0.05, 0.1) is 19.8 Å². The lowest BCUT2D eigenvalue weighted by Crippen LogP contribution is -2.35. The third-order valence-corrected chi connectivity index (χ3v) is 4.74. The Kier molecular flexibility index (Phi) is 4.94. The second kappa shape index (κ2) is 7.11. The number of benzene rings is 1. The van der Waals surface area contributed by atoms with Crippen molar-refractivity contribution in [1.82, 2.24) is 4.90 Å². The van der Waals surface area contributed by atoms with Crippen molar-refractivity contribution in [3.8, 4) is 11.5 Å². The van der Waals surface area contributed by atoms with E-state index in [0.29, 0.717) is 24.7 Å². The Labute approximate surface area is 138 Å². The van der Waals surface area contributed by atoms with Crippen molar-refractivity contribution in [3.05, 3.63) is 23.8 Å². The first kappa shape index (κ1) is 16.0. The van der Waals surface area contributed by atoms with E-state index in [-0.39, 0.29) is 0 Å². The summed E-state index contributed by atoms with van der Waals surface area (Å²) in [4.78, 5) is 6.62. The minimum atomic E-state index is 0.316. The molecular formula is C18H27N3O2. The molecule has 1 aromatic carbocycles. The van der Waals surface area contributed by atoms with E-state index >= 15 is 0 Å². The van der Waals surface area contributed by atoms with Gasteiger partial charge in [-0.25, -0.2) is 4.99 Å². The van der Waals surface area contributed by atoms with Crippen molar-refractivity contribution in [2.75, 3.05) is 14.2 Å². The lowest BCUT2D eigenvalue weighted by molar-refractivity contribution is 0.207. The van der Waals surface area contributed by atoms with E-state index in [2.05, 4.69) is 9.89 Å². The van der Waals surface area contributed by atoms with E-state index in [1.54, 1.807) is 7.11 Å². The second-order valence-corrected chi connectivity index (χ2v) is 6.51. The molecule has 5 nitrogen and oxygen atoms in total. The van der Waals surface area contributed by atoms with Gasteiger partial charge in [-0.3, -0.25) is 0 Å². The van der Waals surface area contributed by atoms with Gasteiger partial charge in [0.2, 0.25) is 0 Å². The molecule has 126 valence electrons. The first-order chi connectivity index (χ1) is 11.2. The van der Waals surface area contributed by atoms with Crippen LogP contribution in [0.3, 0.4) is 0 Å². The van der Waals surface area contributed by atoms with Gasteiger partial charge < -0.3 is 20.1 Å². The highest BCUT2D eigenvalue weighted by Crippen LogP contribution is 2.30. The maximum absolute atomic E-state index is 6.20. The normalized spacial score (nSPS) is 19.0. The fraction of sp³-hybridized carbons (Fsp3) is 0.611. The topological polar surface area (TPSA) is 60.1 Å². The Bertz CT molecular complexity index is 563. The third kappa shape index (κ3) is 4.09. The summed E-state index contributed by atoms with van der Waals surface area (Å²) in [6, 6.07) is 6.51. The highest BCUT2D eigenvalue weighted by atomic mass is 16.5. The molecule has 0 aliphatic heterocycles. The first-order valence-corrected chi connectivity index (χ1v) is 8.53. The summed E-state index contributed by atoms with van der Waals surface area (Å²) in [7, 11) is 3.69. The molecule has 0 atom stereocenters. The molecule has 5 heteroatoms. The van der Waals surface area contributed by atoms with Crippen LogP contribution in [-0.4, -0.2) is 37.2 Å². The second-order valence-electron chi connectivity index (χ2n) is 6.51. The van der Waals surface area contributed by atoms with E-state index < -0.39 is 0 Å². The SMILES string of the molecule is COc1ccc(CN=C(N)N(C)C2CC2)c(OC2CCCC2)c1. The zero-order chi connectivity index (χ0) is 16.2. The van der Waals surface area contributed by atoms with Gasteiger partial charge in [-0.15, -0.1) is 0 Å². The molecule has 0 saturated heterocycles. The van der Waals surface area contributed by atoms with Gasteiger partial charge >= 0.3 is 0 Å². The van der Waals surface area contributed by atoms with E-state index in [0.717, 1.165) is 29.9 Å². The van der Waals surface area contributed by atoms with Gasteiger partial charge in [-0.1, -0.05) is 0 Å². The molecule has 2 aliphatic carbocycles. The molecule has 2 fully saturated rings. The van der Waals surface area contributed by atoms with Crippen molar-refractivity contribution >= 4 is 5.96 Å². The number of hydrogen-bond acceptors (Lipinski definition) is 3. The van der Waals surface area contributed by atoms with E-state index in [1.165, 1.54) is 25.7 Å². The Morgan fingerprint density at radius 3 is 2.65 bits per heavy atom. The summed E-state index contributed by atoms with van der Waals surface area (Å²) < 4.78 is 11.5. The fourth-order valence-corrected chi connectivity index (χ4v) is 3.01. The Morgan fingerprint density at radius 2 is 2.00 bits per heavy atom. The molecule has 1 aromatic rings. The number of methoxy groups -OCH3 is 1. The van der Waals surface area contributed by atoms with Crippen LogP contribution >= 0.6 is 0 Å². The lowest BCUT2D eigenvalue weighted by atomic mass is 10.2. The van der Waals surface area contributed by atoms with Crippen molar-refractivity contribution in [3.63, 3.8) is 0 Å². The molecule has 2 N–H and O–H groups in total. The van der Waals surface area contributed by atoms with Crippen LogP contribution in [0.15, 0.2) is 23.2 Å². The minimum absolute atomic E-state index is 0.316. The Hall–Kier alpha value is -1.91. The van der Waals surface area contributed by atoms with Crippen molar-refractivity contribution in [2.24, 2.45) is 10.7 Å². The number of aliphatic imine (C=N–C) groups is 1. The fourth-order valence-electron chi connectivity index (χ4n) is 3.01. The monoisotopic (exact) mass is 317 g/mol. The smallest absolute Gasteiger partial charge is 0.191 e. The predicted octanol–water partition coefficient (Wildman–Crippen LogP) is 2.93. The largest absolute Gasteiger partial charge is 0.497 e. The molecular weight excluding hydrogens is 290 g/mol. The van der Waals surface area contributed by atoms with Gasteiger partial charge in [0, 0.05) is 24.7 Å². The van der Waals surface area contributed by atoms with Gasteiger partial charge in [-0.2, -0.15) is 0 Å². The van der Waals surface area contributed by atoms with Crippen molar-refractivity contribution in [1.29, 1.82) is 0 Å². The number of hydrogen-bond donors (Lipinski definition) is 1. The molecule has 0 unspecified atom stereocenters. The number of guanidine groups is 1. The van der Waals surface area contributed by atoms with E-state index in [4.69, 9.17) is 15.2 Å².